The van der Waals surface area contributed by atoms with Crippen LogP contribution in [0.4, 0.5) is 0 Å². The number of imidazole rings is 1. The van der Waals surface area contributed by atoms with E-state index in [0.717, 1.165) is 30.6 Å². The van der Waals surface area contributed by atoms with Crippen LogP contribution in [0.15, 0.2) is 52.6 Å². The molecule has 0 radical (unpaired) electrons. The van der Waals surface area contributed by atoms with Crippen molar-refractivity contribution in [2.24, 2.45) is 10.9 Å². The van der Waals surface area contributed by atoms with Crippen LogP contribution in [0.5, 0.6) is 0 Å². The minimum Gasteiger partial charge on any atom is -0.356 e. The number of rotatable bonds is 8. The second-order valence-corrected chi connectivity index (χ2v) is 7.07. The number of benzene rings is 1. The fraction of sp³-hybridized carbons (Fsp3) is 0.444. The predicted molar refractivity (Wildman–Crippen MR) is 102 cm³/mol. The Labute approximate surface area is 149 Å². The van der Waals surface area contributed by atoms with E-state index in [1.165, 1.54) is 4.90 Å². The average molecular weight is 346 g/mol. The fourth-order valence-corrected chi connectivity index (χ4v) is 3.09. The monoisotopic (exact) mass is 345 g/mol. The van der Waals surface area contributed by atoms with Crippen molar-refractivity contribution in [3.63, 3.8) is 0 Å². The van der Waals surface area contributed by atoms with Gasteiger partial charge in [-0.3, -0.25) is 4.99 Å². The molecule has 0 spiro atoms. The first-order valence-electron chi connectivity index (χ1n) is 8.31. The van der Waals surface area contributed by atoms with E-state index in [-0.39, 0.29) is 0 Å². The van der Waals surface area contributed by atoms with E-state index in [1.54, 1.807) is 7.05 Å². The largest absolute Gasteiger partial charge is 0.356 e. The second kappa shape index (κ2) is 10.0. The number of nitrogens with zero attached hydrogens (tertiary/aromatic N) is 3. The van der Waals surface area contributed by atoms with E-state index in [4.69, 9.17) is 0 Å². The van der Waals surface area contributed by atoms with Crippen LogP contribution in [0.3, 0.4) is 0 Å². The number of aliphatic imine (C=N–C) groups is 1. The lowest BCUT2D eigenvalue weighted by Crippen LogP contribution is -2.38. The van der Waals surface area contributed by atoms with Crippen LogP contribution in [0.25, 0.3) is 0 Å². The zero-order valence-corrected chi connectivity index (χ0v) is 15.5. The Morgan fingerprint density at radius 1 is 1.25 bits per heavy atom. The fourth-order valence-electron chi connectivity index (χ4n) is 2.31. The summed E-state index contributed by atoms with van der Waals surface area (Å²) in [5.74, 6) is 3.44. The van der Waals surface area contributed by atoms with E-state index in [9.17, 15) is 0 Å². The third-order valence-corrected chi connectivity index (χ3v) is 4.42. The highest BCUT2D eigenvalue weighted by atomic mass is 32.2. The highest BCUT2D eigenvalue weighted by molar-refractivity contribution is 7.99. The molecule has 0 atom stereocenters. The van der Waals surface area contributed by atoms with Crippen molar-refractivity contribution in [3.8, 4) is 0 Å². The van der Waals surface area contributed by atoms with Crippen molar-refractivity contribution in [1.29, 1.82) is 0 Å². The molecule has 1 aromatic carbocycles. The van der Waals surface area contributed by atoms with Crippen LogP contribution in [-0.4, -0.2) is 34.9 Å². The minimum absolute atomic E-state index is 0.602. The Balaban J connectivity index is 1.72. The zero-order chi connectivity index (χ0) is 17.2. The number of aromatic nitrogens is 2. The van der Waals surface area contributed by atoms with Gasteiger partial charge in [0, 0.05) is 43.2 Å². The molecular weight excluding hydrogens is 318 g/mol. The summed E-state index contributed by atoms with van der Waals surface area (Å²) < 4.78 is 2.19. The van der Waals surface area contributed by atoms with Crippen LogP contribution in [0, 0.1) is 5.92 Å². The number of hydrogen-bond acceptors (Lipinski definition) is 3. The van der Waals surface area contributed by atoms with Gasteiger partial charge in [-0.15, -0.1) is 11.8 Å². The lowest BCUT2D eigenvalue weighted by molar-refractivity contribution is 0.503. The van der Waals surface area contributed by atoms with Crippen LogP contribution < -0.4 is 10.6 Å². The molecule has 0 bridgehead atoms. The molecule has 0 unspecified atom stereocenters. The molecule has 6 heteroatoms. The van der Waals surface area contributed by atoms with Gasteiger partial charge in [-0.1, -0.05) is 32.0 Å². The van der Waals surface area contributed by atoms with Crippen molar-refractivity contribution < 1.29 is 0 Å². The number of thioether (sulfide) groups is 1. The summed E-state index contributed by atoms with van der Waals surface area (Å²) in [7, 11) is 1.79. The summed E-state index contributed by atoms with van der Waals surface area (Å²) in [6, 6.07) is 10.4. The Bertz CT molecular complexity index is 621. The van der Waals surface area contributed by atoms with Gasteiger partial charge in [-0.25, -0.2) is 4.98 Å². The highest BCUT2D eigenvalue weighted by Gasteiger charge is 2.05. The van der Waals surface area contributed by atoms with Crippen molar-refractivity contribution in [1.82, 2.24) is 20.2 Å². The summed E-state index contributed by atoms with van der Waals surface area (Å²) in [4.78, 5) is 9.99. The third kappa shape index (κ3) is 6.28. The molecule has 2 rings (SSSR count). The van der Waals surface area contributed by atoms with Crippen molar-refractivity contribution in [3.05, 3.63) is 48.5 Å². The van der Waals surface area contributed by atoms with Crippen LogP contribution >= 0.6 is 11.8 Å². The summed E-state index contributed by atoms with van der Waals surface area (Å²) in [5.41, 5.74) is 0. The maximum atomic E-state index is 4.43. The summed E-state index contributed by atoms with van der Waals surface area (Å²) >= 11 is 1.84. The van der Waals surface area contributed by atoms with E-state index in [0.29, 0.717) is 12.5 Å². The molecule has 2 N–H and O–H groups in total. The van der Waals surface area contributed by atoms with E-state index < -0.39 is 0 Å². The summed E-state index contributed by atoms with van der Waals surface area (Å²) in [5, 5.41) is 6.67. The number of hydrogen-bond donors (Lipinski definition) is 2. The lowest BCUT2D eigenvalue weighted by Gasteiger charge is -2.14. The first-order valence-corrected chi connectivity index (χ1v) is 9.30. The maximum absolute atomic E-state index is 4.43. The normalized spacial score (nSPS) is 11.8. The Kier molecular flexibility index (Phi) is 7.68. The smallest absolute Gasteiger partial charge is 0.191 e. The van der Waals surface area contributed by atoms with Gasteiger partial charge in [-0.2, -0.15) is 0 Å². The molecule has 24 heavy (non-hydrogen) atoms. The van der Waals surface area contributed by atoms with Gasteiger partial charge < -0.3 is 15.2 Å². The molecule has 0 amide bonds. The SMILES string of the molecule is CN=C(NCCSc1ccccc1)NCc1nccn1CC(C)C. The molecule has 0 aliphatic heterocycles. The highest BCUT2D eigenvalue weighted by Crippen LogP contribution is 2.15. The number of guanidine groups is 1. The van der Waals surface area contributed by atoms with Gasteiger partial charge in [0.05, 0.1) is 6.54 Å². The molecule has 0 saturated heterocycles. The first-order chi connectivity index (χ1) is 11.7. The molecule has 2 aromatic rings. The number of nitrogens with one attached hydrogen (secondary N) is 2. The first kappa shape index (κ1) is 18.4. The Hall–Kier alpha value is -1.95. The predicted octanol–water partition coefficient (Wildman–Crippen LogP) is 3.00. The van der Waals surface area contributed by atoms with Gasteiger partial charge in [0.2, 0.25) is 0 Å². The van der Waals surface area contributed by atoms with Crippen molar-refractivity contribution >= 4 is 17.7 Å². The summed E-state index contributed by atoms with van der Waals surface area (Å²) in [6.07, 6.45) is 3.88. The molecular formula is C18H27N5S. The van der Waals surface area contributed by atoms with Crippen molar-refractivity contribution in [2.45, 2.75) is 31.8 Å². The average Bonchev–Trinajstić information content (AvgIpc) is 3.01. The molecule has 1 heterocycles. The molecule has 130 valence electrons. The third-order valence-electron chi connectivity index (χ3n) is 3.41. The Morgan fingerprint density at radius 3 is 2.75 bits per heavy atom. The van der Waals surface area contributed by atoms with Gasteiger partial charge in [0.15, 0.2) is 5.96 Å². The standard InChI is InChI=1S/C18H27N5S/c1-15(2)14-23-11-9-20-17(23)13-22-18(19-3)21-10-12-24-16-7-5-4-6-8-16/h4-9,11,15H,10,12-14H2,1-3H3,(H2,19,21,22). The van der Waals surface area contributed by atoms with Crippen LogP contribution in [0.2, 0.25) is 0 Å². The second-order valence-electron chi connectivity index (χ2n) is 5.90. The quantitative estimate of drug-likeness (QED) is 0.334. The molecule has 0 fully saturated rings. The Morgan fingerprint density at radius 2 is 2.04 bits per heavy atom. The summed E-state index contributed by atoms with van der Waals surface area (Å²) in [6.45, 7) is 6.94. The van der Waals surface area contributed by atoms with E-state index in [1.807, 2.05) is 30.2 Å². The molecule has 0 saturated carbocycles. The molecule has 5 nitrogen and oxygen atoms in total. The van der Waals surface area contributed by atoms with Gasteiger partial charge in [-0.05, 0) is 18.1 Å². The zero-order valence-electron chi connectivity index (χ0n) is 14.7. The van der Waals surface area contributed by atoms with Gasteiger partial charge >= 0.3 is 0 Å². The molecule has 1 aromatic heterocycles. The van der Waals surface area contributed by atoms with Crippen molar-refractivity contribution in [2.75, 3.05) is 19.3 Å². The maximum Gasteiger partial charge on any atom is 0.191 e. The van der Waals surface area contributed by atoms with Gasteiger partial charge in [0.25, 0.3) is 0 Å². The van der Waals surface area contributed by atoms with E-state index in [2.05, 4.69) is 63.3 Å². The van der Waals surface area contributed by atoms with Crippen LogP contribution in [-0.2, 0) is 13.1 Å². The molecule has 0 aliphatic carbocycles. The minimum atomic E-state index is 0.602. The van der Waals surface area contributed by atoms with Gasteiger partial charge in [0.1, 0.15) is 5.82 Å². The topological polar surface area (TPSA) is 54.2 Å². The van der Waals surface area contributed by atoms with E-state index >= 15 is 0 Å². The van der Waals surface area contributed by atoms with Crippen LogP contribution in [0.1, 0.15) is 19.7 Å². The molecule has 0 aliphatic rings. The lowest BCUT2D eigenvalue weighted by atomic mass is 10.2.